The van der Waals surface area contributed by atoms with Crippen molar-refractivity contribution in [3.63, 3.8) is 0 Å². The number of carboxylic acids is 1. The molecule has 1 aliphatic heterocycles. The molecule has 19 heavy (non-hydrogen) atoms. The Kier molecular flexibility index (Phi) is 6.08. The molecule has 6 nitrogen and oxygen atoms in total. The Morgan fingerprint density at radius 2 is 2.00 bits per heavy atom. The number of nitrogens with zero attached hydrogens (tertiary/aromatic N) is 1. The molecule has 1 aliphatic rings. The molecule has 0 saturated carbocycles. The van der Waals surface area contributed by atoms with Crippen LogP contribution < -0.4 is 5.32 Å². The number of amides is 2. The van der Waals surface area contributed by atoms with E-state index in [1.54, 1.807) is 11.8 Å². The first-order chi connectivity index (χ1) is 8.91. The first-order valence-corrected chi connectivity index (χ1v) is 6.88. The van der Waals surface area contributed by atoms with E-state index in [9.17, 15) is 14.7 Å². The monoisotopic (exact) mass is 272 g/mol. The van der Waals surface area contributed by atoms with Crippen LogP contribution in [0, 0.1) is 0 Å². The summed E-state index contributed by atoms with van der Waals surface area (Å²) < 4.78 is 0. The molecule has 1 fully saturated rings. The minimum Gasteiger partial charge on any atom is -0.481 e. The van der Waals surface area contributed by atoms with Gasteiger partial charge in [-0.05, 0) is 39.0 Å². The number of aliphatic carboxylic acids is 1. The lowest BCUT2D eigenvalue weighted by molar-refractivity contribution is -0.137. The minimum atomic E-state index is -0.805. The maximum absolute atomic E-state index is 11.9. The molecular weight excluding hydrogens is 248 g/mol. The van der Waals surface area contributed by atoms with Gasteiger partial charge >= 0.3 is 12.0 Å². The van der Waals surface area contributed by atoms with Gasteiger partial charge in [0.05, 0.1) is 5.60 Å². The minimum absolute atomic E-state index is 0.118. The largest absolute Gasteiger partial charge is 0.481 e. The zero-order valence-electron chi connectivity index (χ0n) is 11.5. The maximum Gasteiger partial charge on any atom is 0.317 e. The Labute approximate surface area is 113 Å². The Hall–Kier alpha value is -1.30. The zero-order valence-corrected chi connectivity index (χ0v) is 11.5. The summed E-state index contributed by atoms with van der Waals surface area (Å²) in [5.41, 5.74) is -0.670. The van der Waals surface area contributed by atoms with Crippen molar-refractivity contribution < 1.29 is 19.8 Å². The quantitative estimate of drug-likeness (QED) is 0.656. The fourth-order valence-electron chi connectivity index (χ4n) is 2.17. The number of carbonyl (C=O) groups excluding carboxylic acids is 1. The van der Waals surface area contributed by atoms with Crippen molar-refractivity contribution >= 4 is 12.0 Å². The second-order valence-corrected chi connectivity index (χ2v) is 5.42. The van der Waals surface area contributed by atoms with Crippen LogP contribution in [0.15, 0.2) is 0 Å². The Morgan fingerprint density at radius 1 is 1.26 bits per heavy atom. The van der Waals surface area contributed by atoms with Crippen molar-refractivity contribution in [3.8, 4) is 0 Å². The van der Waals surface area contributed by atoms with Gasteiger partial charge in [-0.1, -0.05) is 0 Å². The van der Waals surface area contributed by atoms with E-state index in [4.69, 9.17) is 5.11 Å². The second kappa shape index (κ2) is 7.33. The first kappa shape index (κ1) is 15.8. The summed E-state index contributed by atoms with van der Waals surface area (Å²) in [6, 6.07) is -0.118. The highest BCUT2D eigenvalue weighted by Crippen LogP contribution is 2.21. The number of carbonyl (C=O) groups is 2. The fraction of sp³-hybridized carbons (Fsp3) is 0.846. The SMILES string of the molecule is CC1(O)CCCN(C(=O)NCCCCC(=O)O)CC1. The molecule has 2 amide bonds. The Bertz CT molecular complexity index is 318. The fourth-order valence-corrected chi connectivity index (χ4v) is 2.17. The predicted octanol–water partition coefficient (Wildman–Crippen LogP) is 1.19. The molecule has 0 aromatic heterocycles. The summed E-state index contributed by atoms with van der Waals surface area (Å²) in [6.07, 6.45) is 3.50. The average Bonchev–Trinajstić information content (AvgIpc) is 2.49. The molecule has 1 rings (SSSR count). The predicted molar refractivity (Wildman–Crippen MR) is 70.9 cm³/mol. The molecule has 0 radical (unpaired) electrons. The number of aliphatic hydroxyl groups is 1. The average molecular weight is 272 g/mol. The van der Waals surface area contributed by atoms with Gasteiger partial charge in [0.15, 0.2) is 0 Å². The number of urea groups is 1. The van der Waals surface area contributed by atoms with Gasteiger partial charge in [-0.25, -0.2) is 4.79 Å². The number of hydrogen-bond donors (Lipinski definition) is 3. The summed E-state index contributed by atoms with van der Waals surface area (Å²) in [5.74, 6) is -0.805. The number of hydrogen-bond acceptors (Lipinski definition) is 3. The molecular formula is C13H24N2O4. The lowest BCUT2D eigenvalue weighted by Crippen LogP contribution is -2.41. The van der Waals surface area contributed by atoms with Crippen LogP contribution in [-0.2, 0) is 4.79 Å². The van der Waals surface area contributed by atoms with Crippen LogP contribution in [0.2, 0.25) is 0 Å². The van der Waals surface area contributed by atoms with E-state index in [0.717, 1.165) is 12.8 Å². The second-order valence-electron chi connectivity index (χ2n) is 5.42. The van der Waals surface area contributed by atoms with Crippen molar-refractivity contribution in [1.82, 2.24) is 10.2 Å². The summed E-state index contributed by atoms with van der Waals surface area (Å²) in [4.78, 5) is 23.9. The van der Waals surface area contributed by atoms with Gasteiger partial charge < -0.3 is 20.4 Å². The molecule has 0 aromatic rings. The third kappa shape index (κ3) is 6.42. The number of likely N-dealkylation sites (tertiary alicyclic amines) is 1. The van der Waals surface area contributed by atoms with E-state index < -0.39 is 11.6 Å². The van der Waals surface area contributed by atoms with Crippen LogP contribution in [0.3, 0.4) is 0 Å². The topological polar surface area (TPSA) is 89.9 Å². The lowest BCUT2D eigenvalue weighted by Gasteiger charge is -2.22. The van der Waals surface area contributed by atoms with Gasteiger partial charge in [0.1, 0.15) is 0 Å². The van der Waals surface area contributed by atoms with Gasteiger partial charge in [0, 0.05) is 26.1 Å². The number of rotatable bonds is 5. The van der Waals surface area contributed by atoms with Gasteiger partial charge in [-0.2, -0.15) is 0 Å². The van der Waals surface area contributed by atoms with Crippen LogP contribution in [-0.4, -0.2) is 52.3 Å². The van der Waals surface area contributed by atoms with Crippen molar-refractivity contribution in [2.45, 2.75) is 51.0 Å². The zero-order chi connectivity index (χ0) is 14.3. The number of unbranched alkanes of at least 4 members (excludes halogenated alkanes) is 1. The molecule has 110 valence electrons. The van der Waals surface area contributed by atoms with Crippen molar-refractivity contribution in [2.75, 3.05) is 19.6 Å². The van der Waals surface area contributed by atoms with Gasteiger partial charge in [-0.15, -0.1) is 0 Å². The molecule has 6 heteroatoms. The number of nitrogens with one attached hydrogen (secondary N) is 1. The van der Waals surface area contributed by atoms with Gasteiger partial charge in [0.25, 0.3) is 0 Å². The van der Waals surface area contributed by atoms with E-state index in [2.05, 4.69) is 5.32 Å². The summed E-state index contributed by atoms with van der Waals surface area (Å²) in [7, 11) is 0. The summed E-state index contributed by atoms with van der Waals surface area (Å²) >= 11 is 0. The first-order valence-electron chi connectivity index (χ1n) is 6.88. The highest BCUT2D eigenvalue weighted by Gasteiger charge is 2.26. The van der Waals surface area contributed by atoms with Crippen LogP contribution in [0.1, 0.15) is 45.4 Å². The van der Waals surface area contributed by atoms with Crippen LogP contribution in [0.4, 0.5) is 4.79 Å². The normalized spacial score (nSPS) is 23.8. The van der Waals surface area contributed by atoms with Gasteiger partial charge in [0.2, 0.25) is 0 Å². The molecule has 0 aliphatic carbocycles. The Balaban J connectivity index is 2.20. The highest BCUT2D eigenvalue weighted by molar-refractivity contribution is 5.74. The van der Waals surface area contributed by atoms with Crippen molar-refractivity contribution in [1.29, 1.82) is 0 Å². The van der Waals surface area contributed by atoms with Crippen LogP contribution >= 0.6 is 0 Å². The standard InChI is InChI=1S/C13H24N2O4/c1-13(19)6-4-9-15(10-7-13)12(18)14-8-3-2-5-11(16)17/h19H,2-10H2,1H3,(H,14,18)(H,16,17). The third-order valence-electron chi connectivity index (χ3n) is 3.44. The van der Waals surface area contributed by atoms with E-state index in [1.807, 2.05) is 0 Å². The molecule has 0 bridgehead atoms. The maximum atomic E-state index is 11.9. The molecule has 1 saturated heterocycles. The van der Waals surface area contributed by atoms with E-state index in [-0.39, 0.29) is 12.5 Å². The molecule has 1 heterocycles. The van der Waals surface area contributed by atoms with Crippen molar-refractivity contribution in [2.24, 2.45) is 0 Å². The van der Waals surface area contributed by atoms with E-state index in [1.165, 1.54) is 0 Å². The third-order valence-corrected chi connectivity index (χ3v) is 3.44. The summed E-state index contributed by atoms with van der Waals surface area (Å²) in [5, 5.41) is 21.2. The summed E-state index contributed by atoms with van der Waals surface area (Å²) in [6.45, 7) is 3.53. The molecule has 3 N–H and O–H groups in total. The lowest BCUT2D eigenvalue weighted by atomic mass is 9.98. The van der Waals surface area contributed by atoms with E-state index in [0.29, 0.717) is 38.9 Å². The van der Waals surface area contributed by atoms with Crippen LogP contribution in [0.5, 0.6) is 0 Å². The Morgan fingerprint density at radius 3 is 2.68 bits per heavy atom. The molecule has 0 aromatic carbocycles. The van der Waals surface area contributed by atoms with Crippen LogP contribution in [0.25, 0.3) is 0 Å². The molecule has 1 atom stereocenters. The number of carboxylic acid groups (broad SMARTS) is 1. The van der Waals surface area contributed by atoms with Crippen molar-refractivity contribution in [3.05, 3.63) is 0 Å². The molecule has 0 spiro atoms. The highest BCUT2D eigenvalue weighted by atomic mass is 16.4. The van der Waals surface area contributed by atoms with Gasteiger partial charge in [-0.3, -0.25) is 4.79 Å². The van der Waals surface area contributed by atoms with E-state index >= 15 is 0 Å². The molecule has 1 unspecified atom stereocenters. The smallest absolute Gasteiger partial charge is 0.317 e.